The lowest BCUT2D eigenvalue weighted by atomic mass is 10.2. The molecular weight excluding hydrogens is 196 g/mol. The van der Waals surface area contributed by atoms with Crippen LogP contribution in [0.1, 0.15) is 30.2 Å². The van der Waals surface area contributed by atoms with Gasteiger partial charge in [0.15, 0.2) is 0 Å². The molecule has 0 saturated heterocycles. The average molecular weight is 212 g/mol. The Bertz CT molecular complexity index is 313. The highest BCUT2D eigenvalue weighted by atomic mass is 32.1. The summed E-state index contributed by atoms with van der Waals surface area (Å²) in [5, 5.41) is 12.8. The first-order valence-corrected chi connectivity index (χ1v) is 5.92. The summed E-state index contributed by atoms with van der Waals surface area (Å²) in [6, 6.07) is 0. The fourth-order valence-corrected chi connectivity index (χ4v) is 2.61. The van der Waals surface area contributed by atoms with Crippen LogP contribution < -0.4 is 5.73 Å². The summed E-state index contributed by atoms with van der Waals surface area (Å²) in [7, 11) is 0. The van der Waals surface area contributed by atoms with E-state index in [1.807, 2.05) is 5.38 Å². The van der Waals surface area contributed by atoms with Gasteiger partial charge in [-0.2, -0.15) is 0 Å². The molecular formula is C10H16N2OS. The summed E-state index contributed by atoms with van der Waals surface area (Å²) in [6.45, 7) is 2.79. The first-order chi connectivity index (χ1) is 6.72. The minimum absolute atomic E-state index is 0.346. The first kappa shape index (κ1) is 10.1. The van der Waals surface area contributed by atoms with Crippen molar-refractivity contribution in [2.75, 3.05) is 6.54 Å². The largest absolute Gasteiger partial charge is 0.386 e. The Balaban J connectivity index is 2.01. The molecule has 1 heterocycles. The van der Waals surface area contributed by atoms with Crippen molar-refractivity contribution >= 4 is 11.3 Å². The lowest BCUT2D eigenvalue weighted by Gasteiger charge is -2.04. The van der Waals surface area contributed by atoms with Crippen LogP contribution in [0.2, 0.25) is 0 Å². The molecule has 0 aromatic carbocycles. The van der Waals surface area contributed by atoms with Crippen molar-refractivity contribution in [3.63, 3.8) is 0 Å². The molecule has 0 spiro atoms. The fourth-order valence-electron chi connectivity index (χ4n) is 1.70. The number of nitrogens with zero attached hydrogens (tertiary/aromatic N) is 1. The van der Waals surface area contributed by atoms with Gasteiger partial charge in [-0.05, 0) is 24.8 Å². The van der Waals surface area contributed by atoms with Gasteiger partial charge in [0.1, 0.15) is 11.1 Å². The molecule has 4 heteroatoms. The molecule has 78 valence electrons. The van der Waals surface area contributed by atoms with Crippen LogP contribution in [0.5, 0.6) is 0 Å². The molecule has 3 unspecified atom stereocenters. The number of rotatable bonds is 4. The quantitative estimate of drug-likeness (QED) is 0.791. The SMILES string of the molecule is CC1CC1C(O)c1nc(CCN)cs1. The molecule has 0 radical (unpaired) electrons. The number of hydrogen-bond donors (Lipinski definition) is 2. The van der Waals surface area contributed by atoms with Crippen molar-refractivity contribution in [3.05, 3.63) is 16.1 Å². The number of aliphatic hydroxyl groups excluding tert-OH is 1. The lowest BCUT2D eigenvalue weighted by molar-refractivity contribution is 0.147. The highest BCUT2D eigenvalue weighted by molar-refractivity contribution is 7.09. The molecule has 2 rings (SSSR count). The Kier molecular flexibility index (Phi) is 2.85. The summed E-state index contributed by atoms with van der Waals surface area (Å²) in [6.07, 6.45) is 1.60. The van der Waals surface area contributed by atoms with Gasteiger partial charge in [0.25, 0.3) is 0 Å². The van der Waals surface area contributed by atoms with E-state index in [2.05, 4.69) is 11.9 Å². The van der Waals surface area contributed by atoms with E-state index in [1.54, 1.807) is 11.3 Å². The van der Waals surface area contributed by atoms with E-state index in [4.69, 9.17) is 5.73 Å². The molecule has 1 fully saturated rings. The van der Waals surface area contributed by atoms with E-state index in [1.165, 1.54) is 0 Å². The standard InChI is InChI=1S/C10H16N2OS/c1-6-4-8(6)9(13)10-12-7(2-3-11)5-14-10/h5-6,8-9,13H,2-4,11H2,1H3. The van der Waals surface area contributed by atoms with Crippen molar-refractivity contribution in [1.82, 2.24) is 4.98 Å². The summed E-state index contributed by atoms with van der Waals surface area (Å²) in [5.41, 5.74) is 6.46. The molecule has 1 aliphatic rings. The predicted octanol–water partition coefficient (Wildman–Crippen LogP) is 1.33. The highest BCUT2D eigenvalue weighted by Crippen LogP contribution is 2.47. The van der Waals surface area contributed by atoms with Gasteiger partial charge in [-0.1, -0.05) is 6.92 Å². The highest BCUT2D eigenvalue weighted by Gasteiger charge is 2.40. The second kappa shape index (κ2) is 3.96. The van der Waals surface area contributed by atoms with Crippen LogP contribution in [-0.2, 0) is 6.42 Å². The van der Waals surface area contributed by atoms with Crippen molar-refractivity contribution < 1.29 is 5.11 Å². The molecule has 1 saturated carbocycles. The Morgan fingerprint density at radius 3 is 3.07 bits per heavy atom. The second-order valence-corrected chi connectivity index (χ2v) is 4.93. The second-order valence-electron chi connectivity index (χ2n) is 4.04. The third-order valence-electron chi connectivity index (χ3n) is 2.80. The molecule has 3 atom stereocenters. The Morgan fingerprint density at radius 2 is 2.50 bits per heavy atom. The van der Waals surface area contributed by atoms with Gasteiger partial charge in [-0.25, -0.2) is 4.98 Å². The number of hydrogen-bond acceptors (Lipinski definition) is 4. The third-order valence-corrected chi connectivity index (χ3v) is 3.76. The van der Waals surface area contributed by atoms with Crippen molar-refractivity contribution in [1.29, 1.82) is 0 Å². The molecule has 0 bridgehead atoms. The van der Waals surface area contributed by atoms with Gasteiger partial charge >= 0.3 is 0 Å². The molecule has 0 aliphatic heterocycles. The summed E-state index contributed by atoms with van der Waals surface area (Å²) in [4.78, 5) is 4.38. The number of aromatic nitrogens is 1. The van der Waals surface area contributed by atoms with Gasteiger partial charge in [-0.3, -0.25) is 0 Å². The predicted molar refractivity (Wildman–Crippen MR) is 57.1 cm³/mol. The topological polar surface area (TPSA) is 59.1 Å². The zero-order valence-corrected chi connectivity index (χ0v) is 9.13. The van der Waals surface area contributed by atoms with Crippen molar-refractivity contribution in [3.8, 4) is 0 Å². The zero-order chi connectivity index (χ0) is 10.1. The number of nitrogens with two attached hydrogens (primary N) is 1. The Hall–Kier alpha value is -0.450. The van der Waals surface area contributed by atoms with Crippen LogP contribution in [0.25, 0.3) is 0 Å². The lowest BCUT2D eigenvalue weighted by Crippen LogP contribution is -2.04. The molecule has 3 N–H and O–H groups in total. The van der Waals surface area contributed by atoms with Crippen LogP contribution in [0.4, 0.5) is 0 Å². The van der Waals surface area contributed by atoms with Gasteiger partial charge < -0.3 is 10.8 Å². The first-order valence-electron chi connectivity index (χ1n) is 5.04. The maximum atomic E-state index is 9.93. The summed E-state index contributed by atoms with van der Waals surface area (Å²) < 4.78 is 0. The molecule has 1 aromatic rings. The monoisotopic (exact) mass is 212 g/mol. The van der Waals surface area contributed by atoms with Gasteiger partial charge in [0.05, 0.1) is 5.69 Å². The van der Waals surface area contributed by atoms with Crippen molar-refractivity contribution in [2.24, 2.45) is 17.6 Å². The van der Waals surface area contributed by atoms with Crippen LogP contribution in [0.3, 0.4) is 0 Å². The fraction of sp³-hybridized carbons (Fsp3) is 0.700. The van der Waals surface area contributed by atoms with Crippen LogP contribution in [-0.4, -0.2) is 16.6 Å². The minimum Gasteiger partial charge on any atom is -0.386 e. The van der Waals surface area contributed by atoms with Gasteiger partial charge in [0.2, 0.25) is 0 Å². The Morgan fingerprint density at radius 1 is 1.79 bits per heavy atom. The van der Waals surface area contributed by atoms with E-state index in [0.29, 0.717) is 18.4 Å². The smallest absolute Gasteiger partial charge is 0.122 e. The van der Waals surface area contributed by atoms with Gasteiger partial charge in [0, 0.05) is 11.8 Å². The normalized spacial score (nSPS) is 27.6. The molecule has 0 amide bonds. The maximum Gasteiger partial charge on any atom is 0.122 e. The number of aliphatic hydroxyl groups is 1. The molecule has 3 nitrogen and oxygen atoms in total. The van der Waals surface area contributed by atoms with E-state index >= 15 is 0 Å². The van der Waals surface area contributed by atoms with Crippen LogP contribution in [0, 0.1) is 11.8 Å². The Labute approximate surface area is 88.0 Å². The van der Waals surface area contributed by atoms with Gasteiger partial charge in [-0.15, -0.1) is 11.3 Å². The number of thiazole rings is 1. The summed E-state index contributed by atoms with van der Waals surface area (Å²) in [5.74, 6) is 1.10. The van der Waals surface area contributed by atoms with E-state index in [9.17, 15) is 5.11 Å². The summed E-state index contributed by atoms with van der Waals surface area (Å²) >= 11 is 1.55. The molecule has 1 aliphatic carbocycles. The van der Waals surface area contributed by atoms with Crippen LogP contribution in [0.15, 0.2) is 5.38 Å². The van der Waals surface area contributed by atoms with Crippen molar-refractivity contribution in [2.45, 2.75) is 25.9 Å². The molecule has 1 aromatic heterocycles. The minimum atomic E-state index is -0.346. The molecule has 14 heavy (non-hydrogen) atoms. The average Bonchev–Trinajstić information content (AvgIpc) is 2.71. The van der Waals surface area contributed by atoms with E-state index < -0.39 is 0 Å². The zero-order valence-electron chi connectivity index (χ0n) is 8.31. The van der Waals surface area contributed by atoms with Crippen LogP contribution >= 0.6 is 11.3 Å². The maximum absolute atomic E-state index is 9.93. The third kappa shape index (κ3) is 1.97. The van der Waals surface area contributed by atoms with E-state index in [0.717, 1.165) is 23.5 Å². The van der Waals surface area contributed by atoms with E-state index in [-0.39, 0.29) is 6.10 Å².